The third-order valence-corrected chi connectivity index (χ3v) is 8.56. The fourth-order valence-corrected chi connectivity index (χ4v) is 6.48. The Balaban J connectivity index is 1.54. The molecule has 0 bridgehead atoms. The Bertz CT molecular complexity index is 1930. The van der Waals surface area contributed by atoms with E-state index in [1.165, 1.54) is 11.3 Å². The van der Waals surface area contributed by atoms with Crippen LogP contribution in [0.1, 0.15) is 50.4 Å². The highest BCUT2D eigenvalue weighted by Gasteiger charge is 2.33. The second-order valence-electron chi connectivity index (χ2n) is 9.97. The summed E-state index contributed by atoms with van der Waals surface area (Å²) >= 11 is 13.6. The van der Waals surface area contributed by atoms with Crippen LogP contribution in [0.25, 0.3) is 6.08 Å². The molecule has 0 saturated heterocycles. The molecule has 0 fully saturated rings. The molecule has 0 spiro atoms. The zero-order valence-corrected chi connectivity index (χ0v) is 27.6. The normalized spacial score (nSPS) is 14.5. The highest BCUT2D eigenvalue weighted by atomic mass is 35.5. The van der Waals surface area contributed by atoms with Crippen molar-refractivity contribution in [3.05, 3.63) is 118 Å². The molecule has 0 saturated carbocycles. The minimum Gasteiger partial charge on any atom is -0.494 e. The van der Waals surface area contributed by atoms with E-state index >= 15 is 0 Å². The predicted molar refractivity (Wildman–Crippen MR) is 176 cm³/mol. The van der Waals surface area contributed by atoms with Gasteiger partial charge in [-0.25, -0.2) is 9.79 Å². The zero-order valence-electron chi connectivity index (χ0n) is 25.3. The Morgan fingerprint density at radius 1 is 0.933 bits per heavy atom. The molecule has 4 aromatic rings. The van der Waals surface area contributed by atoms with E-state index < -0.39 is 12.0 Å². The van der Waals surface area contributed by atoms with E-state index in [1.807, 2.05) is 56.3 Å². The SMILES string of the molecule is CCOC(=O)C1=C(C)N=c2s/c(=C\c3ccc(OCc4ccc(Cl)cc4Cl)c(OCC)c3)c(=O)n2[C@@H]1c1ccc(OCC)cc1. The number of carbonyl (C=O) groups is 1. The van der Waals surface area contributed by atoms with Crippen LogP contribution in [-0.4, -0.2) is 30.4 Å². The lowest BCUT2D eigenvalue weighted by atomic mass is 9.96. The minimum absolute atomic E-state index is 0.199. The van der Waals surface area contributed by atoms with Crippen LogP contribution in [-0.2, 0) is 16.1 Å². The summed E-state index contributed by atoms with van der Waals surface area (Å²) in [5, 5.41) is 1.06. The molecular weight excluding hydrogens is 635 g/mol. The topological polar surface area (TPSA) is 88.4 Å². The Hall–Kier alpha value is -4.05. The first-order valence-corrected chi connectivity index (χ1v) is 16.1. The highest BCUT2D eigenvalue weighted by Crippen LogP contribution is 2.33. The number of allylic oxidation sites excluding steroid dienone is 1. The van der Waals surface area contributed by atoms with Crippen molar-refractivity contribution in [1.82, 2.24) is 4.57 Å². The zero-order chi connectivity index (χ0) is 32.1. The summed E-state index contributed by atoms with van der Waals surface area (Å²) < 4.78 is 24.9. The molecule has 1 atom stereocenters. The lowest BCUT2D eigenvalue weighted by Gasteiger charge is -2.24. The number of nitrogens with zero attached hydrogens (tertiary/aromatic N) is 2. The molecule has 5 rings (SSSR count). The molecule has 1 aromatic heterocycles. The lowest BCUT2D eigenvalue weighted by Crippen LogP contribution is -2.39. The van der Waals surface area contributed by atoms with Gasteiger partial charge < -0.3 is 18.9 Å². The van der Waals surface area contributed by atoms with Gasteiger partial charge in [0, 0.05) is 15.6 Å². The van der Waals surface area contributed by atoms with Crippen molar-refractivity contribution >= 4 is 46.6 Å². The van der Waals surface area contributed by atoms with Gasteiger partial charge in [-0.2, -0.15) is 0 Å². The molecule has 11 heteroatoms. The average Bonchev–Trinajstić information content (AvgIpc) is 3.31. The van der Waals surface area contributed by atoms with Gasteiger partial charge in [0.15, 0.2) is 16.3 Å². The fraction of sp³-hybridized carbons (Fsp3) is 0.265. The van der Waals surface area contributed by atoms with Gasteiger partial charge in [0.05, 0.1) is 41.7 Å². The quantitative estimate of drug-likeness (QED) is 0.170. The number of ether oxygens (including phenoxy) is 4. The summed E-state index contributed by atoms with van der Waals surface area (Å²) in [7, 11) is 0. The van der Waals surface area contributed by atoms with Gasteiger partial charge >= 0.3 is 5.97 Å². The second-order valence-corrected chi connectivity index (χ2v) is 11.8. The molecule has 0 amide bonds. The van der Waals surface area contributed by atoms with Gasteiger partial charge in [-0.15, -0.1) is 0 Å². The standard InChI is InChI=1S/C34H32Cl2N2O6S/c1-5-41-25-13-10-22(11-14-25)31-30(33(40)43-7-3)20(4)37-34-38(31)32(39)29(45-34)17-21-8-15-27(28(16-21)42-6-2)44-19-23-9-12-24(35)18-26(23)36/h8-18,31H,5-7,19H2,1-4H3/b29-17-/t31-/m1/s1. The van der Waals surface area contributed by atoms with E-state index in [1.54, 1.807) is 42.7 Å². The van der Waals surface area contributed by atoms with Crippen molar-refractivity contribution in [2.24, 2.45) is 4.99 Å². The van der Waals surface area contributed by atoms with E-state index in [2.05, 4.69) is 4.99 Å². The largest absolute Gasteiger partial charge is 0.494 e. The Kier molecular flexibility index (Phi) is 10.3. The Morgan fingerprint density at radius 2 is 1.69 bits per heavy atom. The van der Waals surface area contributed by atoms with E-state index in [0.717, 1.165) is 16.7 Å². The summed E-state index contributed by atoms with van der Waals surface area (Å²) in [4.78, 5) is 32.3. The molecule has 8 nitrogen and oxygen atoms in total. The summed E-state index contributed by atoms with van der Waals surface area (Å²) in [6, 6.07) is 17.3. The van der Waals surface area contributed by atoms with Crippen molar-refractivity contribution in [2.45, 2.75) is 40.3 Å². The maximum atomic E-state index is 14.0. The van der Waals surface area contributed by atoms with Crippen LogP contribution in [0.3, 0.4) is 0 Å². The van der Waals surface area contributed by atoms with Crippen LogP contribution in [0, 0.1) is 0 Å². The number of rotatable bonds is 11. The monoisotopic (exact) mass is 666 g/mol. The number of benzene rings is 3. The van der Waals surface area contributed by atoms with Crippen LogP contribution in [0.2, 0.25) is 10.0 Å². The summed E-state index contributed by atoms with van der Waals surface area (Å²) in [5.41, 5.74) is 2.81. The third kappa shape index (κ3) is 7.11. The molecule has 0 N–H and O–H groups in total. The van der Waals surface area contributed by atoms with Gasteiger partial charge in [-0.05, 0) is 81.3 Å². The molecule has 0 radical (unpaired) electrons. The van der Waals surface area contributed by atoms with E-state index in [9.17, 15) is 9.59 Å². The number of halogens is 2. The lowest BCUT2D eigenvalue weighted by molar-refractivity contribution is -0.139. The smallest absolute Gasteiger partial charge is 0.338 e. The third-order valence-electron chi connectivity index (χ3n) is 6.99. The van der Waals surface area contributed by atoms with Crippen molar-refractivity contribution < 1.29 is 23.7 Å². The second kappa shape index (κ2) is 14.4. The number of hydrogen-bond acceptors (Lipinski definition) is 8. The number of hydrogen-bond donors (Lipinski definition) is 0. The predicted octanol–water partition coefficient (Wildman–Crippen LogP) is 6.48. The average molecular weight is 668 g/mol. The van der Waals surface area contributed by atoms with Gasteiger partial charge in [0.1, 0.15) is 12.4 Å². The fourth-order valence-electron chi connectivity index (χ4n) is 4.97. The first-order valence-electron chi connectivity index (χ1n) is 14.5. The van der Waals surface area contributed by atoms with Crippen LogP contribution in [0.5, 0.6) is 17.2 Å². The molecule has 45 heavy (non-hydrogen) atoms. The van der Waals surface area contributed by atoms with Crippen LogP contribution >= 0.6 is 34.5 Å². The molecule has 234 valence electrons. The number of carbonyl (C=O) groups excluding carboxylic acids is 1. The number of fused-ring (bicyclic) bond motifs is 1. The molecule has 3 aromatic carbocycles. The first kappa shape index (κ1) is 32.3. The highest BCUT2D eigenvalue weighted by molar-refractivity contribution is 7.07. The molecule has 0 aliphatic carbocycles. The van der Waals surface area contributed by atoms with Gasteiger partial charge in [0.2, 0.25) is 0 Å². The van der Waals surface area contributed by atoms with Crippen molar-refractivity contribution in [3.63, 3.8) is 0 Å². The molecule has 2 heterocycles. The summed E-state index contributed by atoms with van der Waals surface area (Å²) in [5.74, 6) is 1.24. The molecule has 1 aliphatic rings. The Morgan fingerprint density at radius 3 is 2.38 bits per heavy atom. The van der Waals surface area contributed by atoms with Crippen LogP contribution in [0.15, 0.2) is 81.7 Å². The van der Waals surface area contributed by atoms with E-state index in [0.29, 0.717) is 61.1 Å². The minimum atomic E-state index is -0.715. The first-order chi connectivity index (χ1) is 21.7. The number of aromatic nitrogens is 1. The van der Waals surface area contributed by atoms with Crippen LogP contribution in [0.4, 0.5) is 0 Å². The van der Waals surface area contributed by atoms with Gasteiger partial charge in [0.25, 0.3) is 5.56 Å². The van der Waals surface area contributed by atoms with E-state index in [4.69, 9.17) is 42.1 Å². The Labute approximate surface area is 274 Å². The molecule has 0 unspecified atom stereocenters. The van der Waals surface area contributed by atoms with Crippen molar-refractivity contribution in [3.8, 4) is 17.2 Å². The maximum absolute atomic E-state index is 14.0. The maximum Gasteiger partial charge on any atom is 0.338 e. The van der Waals surface area contributed by atoms with Gasteiger partial charge in [-0.3, -0.25) is 9.36 Å². The molecular formula is C34H32Cl2N2O6S. The number of esters is 1. The summed E-state index contributed by atoms with van der Waals surface area (Å²) in [6.07, 6.45) is 1.78. The van der Waals surface area contributed by atoms with Gasteiger partial charge in [-0.1, -0.05) is 58.8 Å². The molecule has 1 aliphatic heterocycles. The van der Waals surface area contributed by atoms with Crippen molar-refractivity contribution in [1.29, 1.82) is 0 Å². The summed E-state index contributed by atoms with van der Waals surface area (Å²) in [6.45, 7) is 8.66. The van der Waals surface area contributed by atoms with Crippen molar-refractivity contribution in [2.75, 3.05) is 19.8 Å². The van der Waals surface area contributed by atoms with Crippen LogP contribution < -0.4 is 29.1 Å². The van der Waals surface area contributed by atoms with E-state index in [-0.39, 0.29) is 18.8 Å². The number of thiazole rings is 1.